The summed E-state index contributed by atoms with van der Waals surface area (Å²) in [7, 11) is -2.26. The summed E-state index contributed by atoms with van der Waals surface area (Å²) < 4.78 is 53.8. The van der Waals surface area contributed by atoms with Crippen molar-refractivity contribution in [2.45, 2.75) is 89.9 Å². The van der Waals surface area contributed by atoms with Crippen LogP contribution in [0.25, 0.3) is 0 Å². The number of nitrogens with zero attached hydrogens (tertiary/aromatic N) is 1. The number of β-lactam (4-membered cyclic amide) rings is 1. The molecule has 0 aromatic heterocycles. The average Bonchev–Trinajstić information content (AvgIpc) is 3.20. The van der Waals surface area contributed by atoms with E-state index in [1.54, 1.807) is 29.2 Å². The third-order valence-corrected chi connectivity index (χ3v) is 15.6. The number of hydrogen-bond donors (Lipinski definition) is 0. The van der Waals surface area contributed by atoms with Crippen LogP contribution in [-0.4, -0.2) is 27.4 Å². The van der Waals surface area contributed by atoms with Gasteiger partial charge in [-0.05, 0) is 109 Å². The maximum atomic E-state index is 14.2. The van der Waals surface area contributed by atoms with Crippen LogP contribution in [0.4, 0.5) is 14.5 Å². The highest BCUT2D eigenvalue weighted by atomic mass is 28.4. The maximum Gasteiger partial charge on any atom is 0.233 e. The number of carbonyl (C=O) groups excluding carboxylic acids is 1. The Morgan fingerprint density at radius 2 is 1.32 bits per heavy atom. The zero-order chi connectivity index (χ0) is 40.4. The molecule has 5 aromatic carbocycles. The number of unbranched alkanes of at least 4 members (excludes halogenated alkanes) is 1. The van der Waals surface area contributed by atoms with E-state index < -0.39 is 20.3 Å². The average molecular weight is 792 g/mol. The molecule has 0 radical (unpaired) electrons. The lowest BCUT2D eigenvalue weighted by atomic mass is 9.78. The van der Waals surface area contributed by atoms with Gasteiger partial charge < -0.3 is 23.5 Å². The van der Waals surface area contributed by atoms with E-state index in [2.05, 4.69) is 46.0 Å². The topological polar surface area (TPSA) is 57.2 Å². The molecule has 300 valence electrons. The number of benzene rings is 5. The van der Waals surface area contributed by atoms with Crippen LogP contribution in [0.15, 0.2) is 127 Å². The molecule has 1 fully saturated rings. The third kappa shape index (κ3) is 11.0. The molecule has 5 aromatic rings. The Labute approximate surface area is 337 Å². The van der Waals surface area contributed by atoms with Gasteiger partial charge in [0.05, 0.1) is 31.3 Å². The van der Waals surface area contributed by atoms with E-state index in [0.29, 0.717) is 56.5 Å². The lowest BCUT2D eigenvalue weighted by Crippen LogP contribution is -2.55. The van der Waals surface area contributed by atoms with Gasteiger partial charge in [0, 0.05) is 23.9 Å². The smallest absolute Gasteiger partial charge is 0.233 e. The maximum absolute atomic E-state index is 14.2. The van der Waals surface area contributed by atoms with E-state index in [1.165, 1.54) is 24.3 Å². The Kier molecular flexibility index (Phi) is 14.0. The first-order chi connectivity index (χ1) is 27.4. The Balaban J connectivity index is 1.24. The number of halogens is 2. The predicted molar refractivity (Wildman–Crippen MR) is 225 cm³/mol. The highest BCUT2D eigenvalue weighted by Crippen LogP contribution is 2.50. The summed E-state index contributed by atoms with van der Waals surface area (Å²) in [5.74, 6) is 0.132. The number of anilines is 1. The lowest BCUT2D eigenvalue weighted by molar-refractivity contribution is -0.131. The molecule has 0 spiro atoms. The normalized spacial score (nSPS) is 16.3. The third-order valence-electron chi connectivity index (χ3n) is 11.1. The van der Waals surface area contributed by atoms with Crippen molar-refractivity contribution < 1.29 is 32.2 Å². The summed E-state index contributed by atoms with van der Waals surface area (Å²) >= 11 is 0. The molecule has 0 N–H and O–H groups in total. The van der Waals surface area contributed by atoms with Crippen LogP contribution < -0.4 is 14.4 Å². The number of hydrogen-bond acceptors (Lipinski definition) is 5. The zero-order valence-electron chi connectivity index (χ0n) is 33.8. The first-order valence-electron chi connectivity index (χ1n) is 20.0. The lowest BCUT2D eigenvalue weighted by Gasteiger charge is -2.48. The minimum absolute atomic E-state index is 0.0512. The van der Waals surface area contributed by atoms with Gasteiger partial charge in [0.15, 0.2) is 8.32 Å². The van der Waals surface area contributed by atoms with Crippen molar-refractivity contribution >= 4 is 19.9 Å². The van der Waals surface area contributed by atoms with Crippen molar-refractivity contribution in [1.29, 1.82) is 0 Å². The van der Waals surface area contributed by atoms with Crippen molar-refractivity contribution in [2.75, 3.05) is 18.1 Å². The molecule has 0 bridgehead atoms. The van der Waals surface area contributed by atoms with Crippen LogP contribution in [-0.2, 0) is 27.2 Å². The van der Waals surface area contributed by atoms with Crippen LogP contribution >= 0.6 is 0 Å². The number of rotatable bonds is 19. The van der Waals surface area contributed by atoms with Gasteiger partial charge in [0.2, 0.25) is 5.91 Å². The summed E-state index contributed by atoms with van der Waals surface area (Å²) in [6, 6.07) is 38.0. The molecule has 0 unspecified atom stereocenters. The second kappa shape index (κ2) is 19.1. The van der Waals surface area contributed by atoms with E-state index in [1.807, 2.05) is 66.7 Å². The zero-order valence-corrected chi connectivity index (χ0v) is 34.8. The number of carbonyl (C=O) groups is 1. The minimum atomic E-state index is -2.26. The van der Waals surface area contributed by atoms with Crippen molar-refractivity contribution in [2.24, 2.45) is 5.92 Å². The molecule has 6 rings (SSSR count). The molecule has 1 aliphatic heterocycles. The van der Waals surface area contributed by atoms with Gasteiger partial charge in [-0.3, -0.25) is 4.79 Å². The van der Waals surface area contributed by atoms with Gasteiger partial charge in [0.1, 0.15) is 29.7 Å². The summed E-state index contributed by atoms with van der Waals surface area (Å²) in [6.07, 6.45) is 2.42. The van der Waals surface area contributed by atoms with E-state index in [0.717, 1.165) is 35.1 Å². The molecule has 1 amide bonds. The van der Waals surface area contributed by atoms with Crippen LogP contribution in [0.5, 0.6) is 11.5 Å². The predicted octanol–water partition coefficient (Wildman–Crippen LogP) is 12.2. The first-order valence-corrected chi connectivity index (χ1v) is 22.9. The van der Waals surface area contributed by atoms with Crippen molar-refractivity contribution in [3.05, 3.63) is 161 Å². The summed E-state index contributed by atoms with van der Waals surface area (Å²) in [5.41, 5.74) is 4.49. The quantitative estimate of drug-likeness (QED) is 0.0474. The van der Waals surface area contributed by atoms with Gasteiger partial charge in [-0.2, -0.15) is 0 Å². The van der Waals surface area contributed by atoms with E-state index >= 15 is 0 Å². The van der Waals surface area contributed by atoms with Crippen LogP contribution in [0.2, 0.25) is 18.1 Å². The number of ether oxygens (including phenoxy) is 3. The molecule has 1 heterocycles. The highest BCUT2D eigenvalue weighted by molar-refractivity contribution is 6.74. The fourth-order valence-corrected chi connectivity index (χ4v) is 8.20. The molecule has 57 heavy (non-hydrogen) atoms. The van der Waals surface area contributed by atoms with Gasteiger partial charge in [0.25, 0.3) is 0 Å². The molecule has 9 heteroatoms. The molecule has 1 aliphatic rings. The second-order valence-electron chi connectivity index (χ2n) is 16.3. The summed E-state index contributed by atoms with van der Waals surface area (Å²) in [5, 5.41) is -0.0512. The fraction of sp³-hybridized carbons (Fsp3) is 0.354. The van der Waals surface area contributed by atoms with Gasteiger partial charge in [-0.15, -0.1) is 0 Å². The second-order valence-corrected chi connectivity index (χ2v) is 21.1. The van der Waals surface area contributed by atoms with Crippen LogP contribution in [0.1, 0.15) is 80.9 Å². The Bertz CT molecular complexity index is 2020. The van der Waals surface area contributed by atoms with Gasteiger partial charge in [-0.25, -0.2) is 8.78 Å². The van der Waals surface area contributed by atoms with Crippen molar-refractivity contribution in [3.8, 4) is 11.5 Å². The van der Waals surface area contributed by atoms with Gasteiger partial charge >= 0.3 is 0 Å². The summed E-state index contributed by atoms with van der Waals surface area (Å²) in [4.78, 5) is 16.0. The standard InChI is InChI=1S/C48H55F2NO5Si/c1-48(2,3)57(4,5)56-44(37-18-20-38(49)21-19-37)29-28-43-46(51(47(43)52)40-24-22-39(50)23-25-40)42-27-26-41(32-45(42)55-34-36-16-10-7-11-17-36)54-31-13-12-30-53-33-35-14-8-6-9-15-35/h6-11,14-27,32,43-44,46H,12-13,28-31,33-34H2,1-5H3/t43-,44+,46-/m1/s1. The van der Waals surface area contributed by atoms with Crippen molar-refractivity contribution in [3.63, 3.8) is 0 Å². The molecule has 6 nitrogen and oxygen atoms in total. The first kappa shape index (κ1) is 41.8. The van der Waals surface area contributed by atoms with E-state index in [-0.39, 0.29) is 28.7 Å². The Morgan fingerprint density at radius 3 is 1.95 bits per heavy atom. The number of amides is 1. The van der Waals surface area contributed by atoms with Crippen molar-refractivity contribution in [1.82, 2.24) is 0 Å². The molecule has 0 aliphatic carbocycles. The molecule has 3 atom stereocenters. The fourth-order valence-electron chi connectivity index (χ4n) is 6.88. The minimum Gasteiger partial charge on any atom is -0.493 e. The monoisotopic (exact) mass is 791 g/mol. The summed E-state index contributed by atoms with van der Waals surface area (Å²) in [6.45, 7) is 13.1. The van der Waals surface area contributed by atoms with Crippen LogP contribution in [0, 0.1) is 17.6 Å². The molecular weight excluding hydrogens is 737 g/mol. The molecule has 1 saturated heterocycles. The largest absolute Gasteiger partial charge is 0.493 e. The highest BCUT2D eigenvalue weighted by Gasteiger charge is 2.50. The molecular formula is C48H55F2NO5Si. The van der Waals surface area contributed by atoms with E-state index in [9.17, 15) is 13.6 Å². The Hall–Kier alpha value is -4.83. The molecule has 0 saturated carbocycles. The Morgan fingerprint density at radius 1 is 0.719 bits per heavy atom. The SMILES string of the molecule is CC(C)(C)[Si](C)(C)O[C@@H](CC[C@H]1C(=O)N(c2ccc(F)cc2)[C@@H]1c1ccc(OCCCCOCc2ccccc2)cc1OCc1ccccc1)c1ccc(F)cc1. The van der Waals surface area contributed by atoms with Crippen LogP contribution in [0.3, 0.4) is 0 Å². The van der Waals surface area contributed by atoms with E-state index in [4.69, 9.17) is 18.6 Å². The van der Waals surface area contributed by atoms with Gasteiger partial charge in [-0.1, -0.05) is 93.6 Å².